The van der Waals surface area contributed by atoms with Gasteiger partial charge in [0.25, 0.3) is 0 Å². The van der Waals surface area contributed by atoms with Crippen molar-refractivity contribution < 1.29 is 0 Å². The van der Waals surface area contributed by atoms with Crippen molar-refractivity contribution in [1.29, 1.82) is 5.26 Å². The Balaban J connectivity index is 2.61. The molecule has 1 heterocycles. The van der Waals surface area contributed by atoms with E-state index in [2.05, 4.69) is 20.9 Å². The fourth-order valence-electron chi connectivity index (χ4n) is 1.58. The third kappa shape index (κ3) is 2.66. The van der Waals surface area contributed by atoms with E-state index in [1.165, 1.54) is 0 Å². The van der Waals surface area contributed by atoms with Gasteiger partial charge in [-0.2, -0.15) is 5.26 Å². The Bertz CT molecular complexity index is 590. The Labute approximate surface area is 113 Å². The first kappa shape index (κ1) is 12.1. The van der Waals surface area contributed by atoms with E-state index in [1.54, 1.807) is 12.3 Å². The SMILES string of the molecule is N#Cc1cc(-c2cccc(Cl)c2)c(CBr)cn1. The second-order valence-electron chi connectivity index (χ2n) is 3.48. The van der Waals surface area contributed by atoms with Gasteiger partial charge in [-0.15, -0.1) is 0 Å². The lowest BCUT2D eigenvalue weighted by Gasteiger charge is -2.07. The van der Waals surface area contributed by atoms with Gasteiger partial charge in [-0.05, 0) is 34.9 Å². The first-order chi connectivity index (χ1) is 8.24. The average molecular weight is 308 g/mol. The number of rotatable bonds is 2. The summed E-state index contributed by atoms with van der Waals surface area (Å²) in [6, 6.07) is 11.4. The van der Waals surface area contributed by atoms with Gasteiger partial charge in [-0.1, -0.05) is 39.7 Å². The van der Waals surface area contributed by atoms with Crippen molar-refractivity contribution in [3.05, 3.63) is 52.8 Å². The molecular weight excluding hydrogens is 300 g/mol. The molecule has 0 spiro atoms. The monoisotopic (exact) mass is 306 g/mol. The van der Waals surface area contributed by atoms with E-state index in [0.717, 1.165) is 16.7 Å². The molecule has 0 aliphatic carbocycles. The summed E-state index contributed by atoms with van der Waals surface area (Å²) in [5, 5.41) is 10.2. The molecular formula is C13H8BrClN2. The number of pyridine rings is 1. The van der Waals surface area contributed by atoms with Gasteiger partial charge in [0.15, 0.2) is 0 Å². The van der Waals surface area contributed by atoms with E-state index in [-0.39, 0.29) is 0 Å². The van der Waals surface area contributed by atoms with Crippen LogP contribution in [0.25, 0.3) is 11.1 Å². The molecule has 0 N–H and O–H groups in total. The smallest absolute Gasteiger partial charge is 0.141 e. The first-order valence-corrected chi connectivity index (χ1v) is 6.45. The molecule has 2 rings (SSSR count). The number of halogens is 2. The predicted molar refractivity (Wildman–Crippen MR) is 72.0 cm³/mol. The number of alkyl halides is 1. The molecule has 0 fully saturated rings. The van der Waals surface area contributed by atoms with Crippen molar-refractivity contribution >= 4 is 27.5 Å². The number of hydrogen-bond donors (Lipinski definition) is 0. The van der Waals surface area contributed by atoms with Gasteiger partial charge in [-0.3, -0.25) is 0 Å². The molecule has 0 saturated carbocycles. The minimum atomic E-state index is 0.407. The van der Waals surface area contributed by atoms with Crippen LogP contribution in [-0.4, -0.2) is 4.98 Å². The summed E-state index contributed by atoms with van der Waals surface area (Å²) in [5.41, 5.74) is 3.41. The fourth-order valence-corrected chi connectivity index (χ4v) is 2.21. The molecule has 1 aromatic carbocycles. The predicted octanol–water partition coefficient (Wildman–Crippen LogP) is 4.17. The molecule has 0 aliphatic rings. The maximum Gasteiger partial charge on any atom is 0.141 e. The van der Waals surface area contributed by atoms with E-state index < -0.39 is 0 Å². The molecule has 0 atom stereocenters. The van der Waals surface area contributed by atoms with Crippen LogP contribution in [-0.2, 0) is 5.33 Å². The van der Waals surface area contributed by atoms with Crippen molar-refractivity contribution in [1.82, 2.24) is 4.98 Å². The summed E-state index contributed by atoms with van der Waals surface area (Å²) < 4.78 is 0. The van der Waals surface area contributed by atoms with Crippen LogP contribution in [0.15, 0.2) is 36.5 Å². The molecule has 0 saturated heterocycles. The summed E-state index contributed by atoms with van der Waals surface area (Å²) in [5.74, 6) is 0. The summed E-state index contributed by atoms with van der Waals surface area (Å²) in [6.45, 7) is 0. The second-order valence-corrected chi connectivity index (χ2v) is 4.48. The average Bonchev–Trinajstić information content (AvgIpc) is 2.38. The highest BCUT2D eigenvalue weighted by Crippen LogP contribution is 2.27. The van der Waals surface area contributed by atoms with Crippen molar-refractivity contribution in [3.63, 3.8) is 0 Å². The highest BCUT2D eigenvalue weighted by Gasteiger charge is 2.07. The highest BCUT2D eigenvalue weighted by atomic mass is 79.9. The molecule has 1 aromatic heterocycles. The second kappa shape index (κ2) is 5.31. The van der Waals surface area contributed by atoms with Crippen LogP contribution in [0.3, 0.4) is 0 Å². The minimum absolute atomic E-state index is 0.407. The first-order valence-electron chi connectivity index (χ1n) is 4.95. The van der Waals surface area contributed by atoms with Crippen molar-refractivity contribution in [2.24, 2.45) is 0 Å². The standard InChI is InChI=1S/C13H8BrClN2/c14-6-10-8-17-12(7-16)5-13(10)9-2-1-3-11(15)4-9/h1-5,8H,6H2. The number of nitriles is 1. The van der Waals surface area contributed by atoms with Gasteiger partial charge < -0.3 is 0 Å². The third-order valence-electron chi connectivity index (χ3n) is 2.38. The van der Waals surface area contributed by atoms with Crippen LogP contribution in [0.1, 0.15) is 11.3 Å². The van der Waals surface area contributed by atoms with Crippen molar-refractivity contribution in [2.75, 3.05) is 0 Å². The van der Waals surface area contributed by atoms with E-state index in [9.17, 15) is 0 Å². The Hall–Kier alpha value is -1.37. The zero-order valence-corrected chi connectivity index (χ0v) is 11.2. The maximum absolute atomic E-state index is 8.88. The third-order valence-corrected chi connectivity index (χ3v) is 3.22. The van der Waals surface area contributed by atoms with Gasteiger partial charge in [0, 0.05) is 16.5 Å². The Morgan fingerprint density at radius 3 is 2.82 bits per heavy atom. The Kier molecular flexibility index (Phi) is 3.78. The zero-order valence-electron chi connectivity index (χ0n) is 8.82. The molecule has 0 radical (unpaired) electrons. The van der Waals surface area contributed by atoms with Gasteiger partial charge >= 0.3 is 0 Å². The quantitative estimate of drug-likeness (QED) is 0.781. The molecule has 84 valence electrons. The van der Waals surface area contributed by atoms with E-state index in [4.69, 9.17) is 16.9 Å². The Morgan fingerprint density at radius 2 is 2.18 bits per heavy atom. The lowest BCUT2D eigenvalue weighted by molar-refractivity contribution is 1.22. The molecule has 4 heteroatoms. The minimum Gasteiger partial charge on any atom is -0.245 e. The summed E-state index contributed by atoms with van der Waals surface area (Å²) in [4.78, 5) is 4.05. The van der Waals surface area contributed by atoms with Gasteiger partial charge in [0.2, 0.25) is 0 Å². The van der Waals surface area contributed by atoms with Crippen molar-refractivity contribution in [2.45, 2.75) is 5.33 Å². The normalized spacial score (nSPS) is 9.94. The van der Waals surface area contributed by atoms with E-state index in [0.29, 0.717) is 16.0 Å². The molecule has 17 heavy (non-hydrogen) atoms. The highest BCUT2D eigenvalue weighted by molar-refractivity contribution is 9.08. The maximum atomic E-state index is 8.88. The van der Waals surface area contributed by atoms with Gasteiger partial charge in [0.05, 0.1) is 0 Å². The number of hydrogen-bond acceptors (Lipinski definition) is 2. The van der Waals surface area contributed by atoms with Gasteiger partial charge in [-0.25, -0.2) is 4.98 Å². The van der Waals surface area contributed by atoms with Crippen molar-refractivity contribution in [3.8, 4) is 17.2 Å². The Morgan fingerprint density at radius 1 is 1.35 bits per heavy atom. The molecule has 0 bridgehead atoms. The lowest BCUT2D eigenvalue weighted by Crippen LogP contribution is -1.91. The largest absolute Gasteiger partial charge is 0.245 e. The van der Waals surface area contributed by atoms with E-state index in [1.807, 2.05) is 30.3 Å². The number of aromatic nitrogens is 1. The summed E-state index contributed by atoms with van der Waals surface area (Å²) in [6.07, 6.45) is 1.71. The fraction of sp³-hybridized carbons (Fsp3) is 0.0769. The van der Waals surface area contributed by atoms with E-state index >= 15 is 0 Å². The van der Waals surface area contributed by atoms with Crippen LogP contribution < -0.4 is 0 Å². The summed E-state index contributed by atoms with van der Waals surface area (Å²) >= 11 is 9.39. The van der Waals surface area contributed by atoms with Crippen LogP contribution in [0.2, 0.25) is 5.02 Å². The number of nitrogens with zero attached hydrogens (tertiary/aromatic N) is 2. The lowest BCUT2D eigenvalue weighted by atomic mass is 10.0. The number of benzene rings is 1. The zero-order chi connectivity index (χ0) is 12.3. The topological polar surface area (TPSA) is 36.7 Å². The molecule has 2 aromatic rings. The molecule has 0 aliphatic heterocycles. The molecule has 0 amide bonds. The van der Waals surface area contributed by atoms with Crippen LogP contribution in [0.4, 0.5) is 0 Å². The molecule has 2 nitrogen and oxygen atoms in total. The van der Waals surface area contributed by atoms with Crippen LogP contribution in [0, 0.1) is 11.3 Å². The molecule has 0 unspecified atom stereocenters. The van der Waals surface area contributed by atoms with Crippen LogP contribution in [0.5, 0.6) is 0 Å². The van der Waals surface area contributed by atoms with Gasteiger partial charge in [0.1, 0.15) is 11.8 Å². The summed E-state index contributed by atoms with van der Waals surface area (Å²) in [7, 11) is 0. The van der Waals surface area contributed by atoms with Crippen LogP contribution >= 0.6 is 27.5 Å².